The zero-order chi connectivity index (χ0) is 24.4. The van der Waals surface area contributed by atoms with Crippen molar-refractivity contribution in [1.29, 1.82) is 0 Å². The molecule has 0 spiro atoms. The van der Waals surface area contributed by atoms with Crippen LogP contribution in [0.3, 0.4) is 0 Å². The van der Waals surface area contributed by atoms with Gasteiger partial charge >= 0.3 is 0 Å². The van der Waals surface area contributed by atoms with Crippen LogP contribution in [0.5, 0.6) is 0 Å². The maximum Gasteiger partial charge on any atom is 0.266 e. The number of pyridine rings is 1. The van der Waals surface area contributed by atoms with Gasteiger partial charge in [0, 0.05) is 37.2 Å². The summed E-state index contributed by atoms with van der Waals surface area (Å²) < 4.78 is 5.30. The number of aromatic nitrogens is 5. The van der Waals surface area contributed by atoms with Crippen molar-refractivity contribution in [2.45, 2.75) is 40.4 Å². The Bertz CT molecular complexity index is 1370. The second-order valence-corrected chi connectivity index (χ2v) is 8.56. The summed E-state index contributed by atoms with van der Waals surface area (Å²) in [5.74, 6) is 0.287. The molecule has 0 bridgehead atoms. The van der Waals surface area contributed by atoms with E-state index in [2.05, 4.69) is 15.4 Å². The Morgan fingerprint density at radius 1 is 1.06 bits per heavy atom. The summed E-state index contributed by atoms with van der Waals surface area (Å²) in [7, 11) is 1.77. The van der Waals surface area contributed by atoms with Crippen molar-refractivity contribution in [2.24, 2.45) is 7.05 Å². The van der Waals surface area contributed by atoms with Crippen molar-refractivity contribution in [3.63, 3.8) is 0 Å². The number of carbonyl (C=O) groups excluding carboxylic acids is 1. The topological polar surface area (TPSA) is 113 Å². The summed E-state index contributed by atoms with van der Waals surface area (Å²) in [6.45, 7) is 7.32. The first-order valence-corrected chi connectivity index (χ1v) is 11.1. The lowest BCUT2D eigenvalue weighted by Crippen LogP contribution is -2.23. The molecule has 3 N–H and O–H groups in total. The van der Waals surface area contributed by atoms with Gasteiger partial charge in [-0.3, -0.25) is 23.6 Å². The standard InChI is InChI=1S/C25H29N7O2/c1-16-9-23(26)29-18(3)22(16)12-27-25(34)21-11-28-31(15-21)13-19-5-7-20(8-6-19)14-32-17(2)10-24(33)30(32)4/h5-11,15H,12-14H2,1-4H3,(H2,26,29)(H,27,34). The highest BCUT2D eigenvalue weighted by Gasteiger charge is 2.12. The molecule has 0 saturated heterocycles. The normalized spacial score (nSPS) is 11.1. The van der Waals surface area contributed by atoms with Gasteiger partial charge in [0.25, 0.3) is 11.5 Å². The molecule has 34 heavy (non-hydrogen) atoms. The first-order chi connectivity index (χ1) is 16.2. The van der Waals surface area contributed by atoms with Crippen LogP contribution in [-0.2, 0) is 26.7 Å². The third kappa shape index (κ3) is 4.93. The minimum atomic E-state index is -0.190. The van der Waals surface area contributed by atoms with Crippen LogP contribution in [0, 0.1) is 20.8 Å². The van der Waals surface area contributed by atoms with Crippen molar-refractivity contribution in [1.82, 2.24) is 29.4 Å². The van der Waals surface area contributed by atoms with Crippen LogP contribution in [0.4, 0.5) is 5.82 Å². The minimum Gasteiger partial charge on any atom is -0.384 e. The van der Waals surface area contributed by atoms with Crippen molar-refractivity contribution in [3.8, 4) is 0 Å². The maximum absolute atomic E-state index is 12.6. The van der Waals surface area contributed by atoms with E-state index < -0.39 is 0 Å². The number of nitrogens with zero attached hydrogens (tertiary/aromatic N) is 5. The number of nitrogen functional groups attached to an aromatic ring is 1. The molecule has 0 atom stereocenters. The molecule has 0 fully saturated rings. The molecule has 9 heteroatoms. The molecule has 1 amide bonds. The van der Waals surface area contributed by atoms with Crippen molar-refractivity contribution in [3.05, 3.63) is 98.4 Å². The highest BCUT2D eigenvalue weighted by Crippen LogP contribution is 2.15. The number of benzene rings is 1. The van der Waals surface area contributed by atoms with Crippen LogP contribution in [-0.4, -0.2) is 30.0 Å². The molecule has 4 aromatic rings. The summed E-state index contributed by atoms with van der Waals surface area (Å²) in [4.78, 5) is 28.7. The first kappa shape index (κ1) is 23.0. The molecular weight excluding hydrogens is 430 g/mol. The predicted molar refractivity (Wildman–Crippen MR) is 131 cm³/mol. The minimum absolute atomic E-state index is 0.0111. The van der Waals surface area contributed by atoms with Gasteiger partial charge in [0.15, 0.2) is 0 Å². The van der Waals surface area contributed by atoms with Crippen molar-refractivity contribution in [2.75, 3.05) is 5.73 Å². The number of hydrogen-bond donors (Lipinski definition) is 2. The van der Waals surface area contributed by atoms with E-state index >= 15 is 0 Å². The first-order valence-electron chi connectivity index (χ1n) is 11.1. The Kier molecular flexibility index (Phi) is 6.36. The Balaban J connectivity index is 1.37. The fraction of sp³-hybridized carbons (Fsp3) is 0.280. The third-order valence-electron chi connectivity index (χ3n) is 6.02. The van der Waals surface area contributed by atoms with Gasteiger partial charge in [-0.1, -0.05) is 24.3 Å². The number of nitrogens with two attached hydrogens (primary N) is 1. The van der Waals surface area contributed by atoms with Crippen LogP contribution in [0.2, 0.25) is 0 Å². The Hall–Kier alpha value is -4.14. The van der Waals surface area contributed by atoms with Gasteiger partial charge in [-0.25, -0.2) is 4.98 Å². The van der Waals surface area contributed by atoms with Gasteiger partial charge < -0.3 is 11.1 Å². The lowest BCUT2D eigenvalue weighted by Gasteiger charge is -2.11. The van der Waals surface area contributed by atoms with Gasteiger partial charge in [-0.05, 0) is 49.1 Å². The Morgan fingerprint density at radius 3 is 2.35 bits per heavy atom. The molecule has 0 radical (unpaired) electrons. The monoisotopic (exact) mass is 459 g/mol. The summed E-state index contributed by atoms with van der Waals surface area (Å²) in [5, 5.41) is 7.27. The van der Waals surface area contributed by atoms with Crippen LogP contribution in [0.15, 0.2) is 53.6 Å². The number of aryl methyl sites for hydroxylation is 3. The van der Waals surface area contributed by atoms with Gasteiger partial charge in [-0.15, -0.1) is 0 Å². The van der Waals surface area contributed by atoms with E-state index in [9.17, 15) is 9.59 Å². The molecule has 0 unspecified atom stereocenters. The molecule has 0 saturated carbocycles. The predicted octanol–water partition coefficient (Wildman–Crippen LogP) is 2.31. The fourth-order valence-electron chi connectivity index (χ4n) is 4.04. The van der Waals surface area contributed by atoms with Gasteiger partial charge in [-0.2, -0.15) is 5.10 Å². The van der Waals surface area contributed by atoms with E-state index in [4.69, 9.17) is 5.73 Å². The lowest BCUT2D eigenvalue weighted by molar-refractivity contribution is 0.0950. The molecular formula is C25H29N7O2. The number of amides is 1. The number of rotatable bonds is 7. The molecule has 9 nitrogen and oxygen atoms in total. The summed E-state index contributed by atoms with van der Waals surface area (Å²) in [5.41, 5.74) is 12.1. The number of carbonyl (C=O) groups is 1. The average Bonchev–Trinajstić information content (AvgIpc) is 3.34. The second kappa shape index (κ2) is 9.38. The van der Waals surface area contributed by atoms with Gasteiger partial charge in [0.2, 0.25) is 0 Å². The van der Waals surface area contributed by atoms with Crippen LogP contribution >= 0.6 is 0 Å². The molecule has 4 rings (SSSR count). The van der Waals surface area contributed by atoms with E-state index in [1.54, 1.807) is 40.9 Å². The van der Waals surface area contributed by atoms with E-state index in [0.29, 0.717) is 31.0 Å². The third-order valence-corrected chi connectivity index (χ3v) is 6.02. The van der Waals surface area contributed by atoms with E-state index in [1.165, 1.54) is 0 Å². The summed E-state index contributed by atoms with van der Waals surface area (Å²) in [6, 6.07) is 11.6. The number of nitrogens with one attached hydrogen (secondary N) is 1. The number of hydrogen-bond acceptors (Lipinski definition) is 5. The zero-order valence-electron chi connectivity index (χ0n) is 19.9. The van der Waals surface area contributed by atoms with Crippen LogP contribution < -0.4 is 16.6 Å². The summed E-state index contributed by atoms with van der Waals surface area (Å²) >= 11 is 0. The maximum atomic E-state index is 12.6. The van der Waals surface area contributed by atoms with Crippen molar-refractivity contribution < 1.29 is 4.79 Å². The molecule has 1 aromatic carbocycles. The number of anilines is 1. The highest BCUT2D eigenvalue weighted by molar-refractivity contribution is 5.93. The summed E-state index contributed by atoms with van der Waals surface area (Å²) in [6.07, 6.45) is 3.31. The highest BCUT2D eigenvalue weighted by atomic mass is 16.1. The van der Waals surface area contributed by atoms with Gasteiger partial charge in [0.05, 0.1) is 24.8 Å². The Labute approximate surface area is 197 Å². The lowest BCUT2D eigenvalue weighted by atomic mass is 10.1. The largest absolute Gasteiger partial charge is 0.384 e. The molecule has 3 aromatic heterocycles. The molecule has 0 aliphatic rings. The van der Waals surface area contributed by atoms with Gasteiger partial charge in [0.1, 0.15) is 5.82 Å². The van der Waals surface area contributed by atoms with E-state index in [1.807, 2.05) is 49.7 Å². The van der Waals surface area contributed by atoms with E-state index in [0.717, 1.165) is 33.6 Å². The van der Waals surface area contributed by atoms with Crippen molar-refractivity contribution >= 4 is 11.7 Å². The van der Waals surface area contributed by atoms with Crippen LogP contribution in [0.25, 0.3) is 0 Å². The van der Waals surface area contributed by atoms with E-state index in [-0.39, 0.29) is 11.5 Å². The molecule has 3 heterocycles. The molecule has 0 aliphatic heterocycles. The Morgan fingerprint density at radius 2 is 1.74 bits per heavy atom. The quantitative estimate of drug-likeness (QED) is 0.440. The second-order valence-electron chi connectivity index (χ2n) is 8.56. The van der Waals surface area contributed by atoms with Crippen LogP contribution in [0.1, 0.15) is 44.0 Å². The average molecular weight is 460 g/mol. The zero-order valence-corrected chi connectivity index (χ0v) is 19.9. The SMILES string of the molecule is Cc1cc(N)nc(C)c1CNC(=O)c1cnn(Cc2ccc(Cn3c(C)cc(=O)n3C)cc2)c1. The smallest absolute Gasteiger partial charge is 0.266 e. The molecule has 176 valence electrons. The fourth-order valence-corrected chi connectivity index (χ4v) is 4.04. The molecule has 0 aliphatic carbocycles.